The van der Waals surface area contributed by atoms with Crippen LogP contribution in [0.3, 0.4) is 0 Å². The van der Waals surface area contributed by atoms with E-state index in [0.717, 1.165) is 4.90 Å². The van der Waals surface area contributed by atoms with Crippen molar-refractivity contribution in [3.05, 3.63) is 18.2 Å². The molecule has 1 N–H and O–H groups in total. The molecule has 0 saturated carbocycles. The van der Waals surface area contributed by atoms with Gasteiger partial charge in [0.1, 0.15) is 18.6 Å². The summed E-state index contributed by atoms with van der Waals surface area (Å²) in [5.41, 5.74) is -0.969. The predicted octanol–water partition coefficient (Wildman–Crippen LogP) is 1.07. The summed E-state index contributed by atoms with van der Waals surface area (Å²) in [5, 5.41) is 2.18. The molecule has 3 rings (SSSR count). The third-order valence-corrected chi connectivity index (χ3v) is 3.51. The van der Waals surface area contributed by atoms with Crippen molar-refractivity contribution >= 4 is 23.5 Å². The molecule has 0 unspecified atom stereocenters. The minimum absolute atomic E-state index is 0.335. The van der Waals surface area contributed by atoms with Crippen molar-refractivity contribution in [1.82, 2.24) is 5.32 Å². The first-order valence-electron chi connectivity index (χ1n) is 6.51. The van der Waals surface area contributed by atoms with Crippen LogP contribution in [0.15, 0.2) is 18.2 Å². The van der Waals surface area contributed by atoms with E-state index in [4.69, 9.17) is 9.47 Å². The van der Waals surface area contributed by atoms with Gasteiger partial charge >= 0.3 is 6.03 Å². The van der Waals surface area contributed by atoms with Crippen LogP contribution in [-0.2, 0) is 9.59 Å². The van der Waals surface area contributed by atoms with Gasteiger partial charge in [-0.05, 0) is 26.0 Å². The smallest absolute Gasteiger partial charge is 0.335 e. The molecule has 1 fully saturated rings. The molecule has 2 aliphatic heterocycles. The van der Waals surface area contributed by atoms with Crippen molar-refractivity contribution in [2.24, 2.45) is 5.41 Å². The Bertz CT molecular complexity index is 653. The van der Waals surface area contributed by atoms with Gasteiger partial charge in [0, 0.05) is 6.07 Å². The first-order chi connectivity index (χ1) is 9.91. The number of carbonyl (C=O) groups is 3. The molecule has 2 aliphatic rings. The maximum Gasteiger partial charge on any atom is 0.335 e. The molecule has 0 aromatic heterocycles. The number of urea groups is 1. The number of fused-ring (bicyclic) bond motifs is 1. The predicted molar refractivity (Wildman–Crippen MR) is 72.2 cm³/mol. The number of hydrogen-bond donors (Lipinski definition) is 1. The van der Waals surface area contributed by atoms with E-state index in [1.165, 1.54) is 13.8 Å². The Kier molecular flexibility index (Phi) is 2.86. The molecule has 0 bridgehead atoms. The summed E-state index contributed by atoms with van der Waals surface area (Å²) in [7, 11) is 0. The highest BCUT2D eigenvalue weighted by atomic mass is 16.6. The number of nitrogens with zero attached hydrogens (tertiary/aromatic N) is 1. The standard InChI is InChI=1S/C14H14N2O5/c1-14(2)11(17)15-13(19)16(12(14)18)8-3-4-9-10(7-8)21-6-5-20-9/h3-4,7H,5-6H2,1-2H3,(H,15,17,19). The SMILES string of the molecule is CC1(C)C(=O)NC(=O)N(c2ccc3c(c2)OCCO3)C1=O. The maximum atomic E-state index is 12.4. The van der Waals surface area contributed by atoms with Gasteiger partial charge in [0.15, 0.2) is 11.5 Å². The Morgan fingerprint density at radius 2 is 1.76 bits per heavy atom. The number of benzene rings is 1. The van der Waals surface area contributed by atoms with E-state index < -0.39 is 23.3 Å². The lowest BCUT2D eigenvalue weighted by Crippen LogP contribution is -2.62. The van der Waals surface area contributed by atoms with Gasteiger partial charge in [-0.25, -0.2) is 9.69 Å². The zero-order chi connectivity index (χ0) is 15.2. The Labute approximate surface area is 120 Å². The Balaban J connectivity index is 2.01. The number of barbiturate groups is 1. The Morgan fingerprint density at radius 3 is 2.48 bits per heavy atom. The van der Waals surface area contributed by atoms with Crippen LogP contribution in [0.2, 0.25) is 0 Å². The summed E-state index contributed by atoms with van der Waals surface area (Å²) in [6.45, 7) is 3.81. The lowest BCUT2D eigenvalue weighted by molar-refractivity contribution is -0.140. The van der Waals surface area contributed by atoms with Crippen LogP contribution >= 0.6 is 0 Å². The normalized spacial score (nSPS) is 20.3. The average Bonchev–Trinajstić information content (AvgIpc) is 2.45. The molecule has 21 heavy (non-hydrogen) atoms. The lowest BCUT2D eigenvalue weighted by atomic mass is 9.88. The number of nitrogens with one attached hydrogen (secondary N) is 1. The topological polar surface area (TPSA) is 84.9 Å². The van der Waals surface area contributed by atoms with Gasteiger partial charge in [0.25, 0.3) is 0 Å². The molecule has 0 radical (unpaired) electrons. The third kappa shape index (κ3) is 2.01. The van der Waals surface area contributed by atoms with Crippen LogP contribution in [0.1, 0.15) is 13.8 Å². The Hall–Kier alpha value is -2.57. The first kappa shape index (κ1) is 13.4. The van der Waals surface area contributed by atoms with E-state index in [-0.39, 0.29) is 0 Å². The highest BCUT2D eigenvalue weighted by Crippen LogP contribution is 2.36. The molecule has 1 aromatic carbocycles. The van der Waals surface area contributed by atoms with Crippen molar-refractivity contribution < 1.29 is 23.9 Å². The van der Waals surface area contributed by atoms with Crippen LogP contribution in [0.4, 0.5) is 10.5 Å². The van der Waals surface area contributed by atoms with Crippen molar-refractivity contribution in [3.63, 3.8) is 0 Å². The molecule has 110 valence electrons. The van der Waals surface area contributed by atoms with Crippen molar-refractivity contribution in [2.75, 3.05) is 18.1 Å². The minimum atomic E-state index is -1.30. The van der Waals surface area contributed by atoms with Crippen molar-refractivity contribution in [1.29, 1.82) is 0 Å². The summed E-state index contributed by atoms with van der Waals surface area (Å²) in [6, 6.07) is 4.00. The van der Waals surface area contributed by atoms with Gasteiger partial charge < -0.3 is 9.47 Å². The Morgan fingerprint density at radius 1 is 1.10 bits per heavy atom. The first-order valence-corrected chi connectivity index (χ1v) is 6.51. The second-order valence-electron chi connectivity index (χ2n) is 5.35. The van der Waals surface area contributed by atoms with E-state index in [9.17, 15) is 14.4 Å². The molecule has 0 spiro atoms. The minimum Gasteiger partial charge on any atom is -0.486 e. The number of rotatable bonds is 1. The van der Waals surface area contributed by atoms with Gasteiger partial charge in [-0.3, -0.25) is 14.9 Å². The molecule has 7 heteroatoms. The zero-order valence-corrected chi connectivity index (χ0v) is 11.6. The summed E-state index contributed by atoms with van der Waals surface area (Å²) in [6.07, 6.45) is 0. The van der Waals surface area contributed by atoms with Crippen LogP contribution in [0, 0.1) is 5.41 Å². The van der Waals surface area contributed by atoms with Gasteiger partial charge in [0.05, 0.1) is 5.69 Å². The van der Waals surface area contributed by atoms with Gasteiger partial charge in [-0.1, -0.05) is 0 Å². The zero-order valence-electron chi connectivity index (χ0n) is 11.6. The number of hydrogen-bond acceptors (Lipinski definition) is 5. The molecular formula is C14H14N2O5. The van der Waals surface area contributed by atoms with E-state index in [1.807, 2.05) is 0 Å². The number of carbonyl (C=O) groups excluding carboxylic acids is 3. The highest BCUT2D eigenvalue weighted by molar-refractivity contribution is 6.29. The number of imide groups is 2. The van der Waals surface area contributed by atoms with Crippen molar-refractivity contribution in [3.8, 4) is 11.5 Å². The van der Waals surface area contributed by atoms with E-state index in [1.54, 1.807) is 18.2 Å². The average molecular weight is 290 g/mol. The second-order valence-corrected chi connectivity index (χ2v) is 5.35. The number of anilines is 1. The van der Waals surface area contributed by atoms with Crippen LogP contribution < -0.4 is 19.7 Å². The fourth-order valence-corrected chi connectivity index (χ4v) is 2.18. The fourth-order valence-electron chi connectivity index (χ4n) is 2.18. The molecule has 2 heterocycles. The third-order valence-electron chi connectivity index (χ3n) is 3.51. The second kappa shape index (κ2) is 4.47. The van der Waals surface area contributed by atoms with Crippen LogP contribution in [0.25, 0.3) is 0 Å². The number of amides is 4. The maximum absolute atomic E-state index is 12.4. The lowest BCUT2D eigenvalue weighted by Gasteiger charge is -2.34. The summed E-state index contributed by atoms with van der Waals surface area (Å²) in [4.78, 5) is 37.0. The van der Waals surface area contributed by atoms with Crippen LogP contribution in [0.5, 0.6) is 11.5 Å². The van der Waals surface area contributed by atoms with E-state index in [0.29, 0.717) is 30.4 Å². The van der Waals surface area contributed by atoms with Gasteiger partial charge in [0.2, 0.25) is 11.8 Å². The van der Waals surface area contributed by atoms with E-state index in [2.05, 4.69) is 5.32 Å². The van der Waals surface area contributed by atoms with Gasteiger partial charge in [-0.15, -0.1) is 0 Å². The molecule has 4 amide bonds. The quantitative estimate of drug-likeness (QED) is 0.782. The van der Waals surface area contributed by atoms with Crippen molar-refractivity contribution in [2.45, 2.75) is 13.8 Å². The van der Waals surface area contributed by atoms with E-state index >= 15 is 0 Å². The monoisotopic (exact) mass is 290 g/mol. The number of ether oxygens (including phenoxy) is 2. The molecule has 1 saturated heterocycles. The molecule has 7 nitrogen and oxygen atoms in total. The summed E-state index contributed by atoms with van der Waals surface area (Å²) >= 11 is 0. The molecular weight excluding hydrogens is 276 g/mol. The summed E-state index contributed by atoms with van der Waals surface area (Å²) in [5.74, 6) is -0.154. The fraction of sp³-hybridized carbons (Fsp3) is 0.357. The highest BCUT2D eigenvalue weighted by Gasteiger charge is 2.47. The molecule has 0 atom stereocenters. The molecule has 0 aliphatic carbocycles. The molecule has 1 aromatic rings. The van der Waals surface area contributed by atoms with Gasteiger partial charge in [-0.2, -0.15) is 0 Å². The summed E-state index contributed by atoms with van der Waals surface area (Å²) < 4.78 is 10.8. The largest absolute Gasteiger partial charge is 0.486 e. The van der Waals surface area contributed by atoms with Crippen LogP contribution in [-0.4, -0.2) is 31.1 Å².